The highest BCUT2D eigenvalue weighted by molar-refractivity contribution is 5.88. The molecule has 12 nitrogen and oxygen atoms in total. The second kappa shape index (κ2) is 9.27. The van der Waals surface area contributed by atoms with Crippen LogP contribution in [0.5, 0.6) is 5.88 Å². The summed E-state index contributed by atoms with van der Waals surface area (Å²) in [5.41, 5.74) is 0.453. The summed E-state index contributed by atoms with van der Waals surface area (Å²) in [5, 5.41) is 9.73. The Labute approximate surface area is 195 Å². The first kappa shape index (κ1) is 24.0. The zero-order valence-electron chi connectivity index (χ0n) is 18.6. The predicted octanol–water partition coefficient (Wildman–Crippen LogP) is 3.10. The summed E-state index contributed by atoms with van der Waals surface area (Å²) in [6, 6.07) is 0.0714. The van der Waals surface area contributed by atoms with Gasteiger partial charge in [0, 0.05) is 12.3 Å². The summed E-state index contributed by atoms with van der Waals surface area (Å²) < 4.78 is 60.7. The maximum Gasteiger partial charge on any atom is 0.574 e. The number of halogens is 4. The van der Waals surface area contributed by atoms with E-state index in [9.17, 15) is 22.4 Å². The Kier molecular flexibility index (Phi) is 6.36. The first-order valence-electron chi connectivity index (χ1n) is 10.3. The molecule has 1 amide bonds. The van der Waals surface area contributed by atoms with Gasteiger partial charge in [-0.2, -0.15) is 15.0 Å². The van der Waals surface area contributed by atoms with Gasteiger partial charge in [0.25, 0.3) is 5.88 Å². The molecule has 1 aliphatic heterocycles. The summed E-state index contributed by atoms with van der Waals surface area (Å²) in [6.45, 7) is 5.55. The second-order valence-corrected chi connectivity index (χ2v) is 7.49. The van der Waals surface area contributed by atoms with Crippen molar-refractivity contribution in [2.24, 2.45) is 0 Å². The molecule has 16 heteroatoms. The molecule has 0 radical (unpaired) electrons. The van der Waals surface area contributed by atoms with Gasteiger partial charge < -0.3 is 14.8 Å². The lowest BCUT2D eigenvalue weighted by Crippen LogP contribution is -2.34. The number of nitrogens with one attached hydrogen (secondary N) is 1. The van der Waals surface area contributed by atoms with E-state index in [-0.39, 0.29) is 30.4 Å². The van der Waals surface area contributed by atoms with E-state index in [2.05, 4.69) is 40.2 Å². The van der Waals surface area contributed by atoms with Crippen LogP contribution in [0.4, 0.5) is 34.3 Å². The molecule has 1 saturated heterocycles. The Hall–Kier alpha value is -4.11. The number of ether oxygens (including phenoxy) is 2. The third kappa shape index (κ3) is 5.36. The predicted molar refractivity (Wildman–Crippen MR) is 110 cm³/mol. The molecule has 4 heterocycles. The zero-order valence-corrected chi connectivity index (χ0v) is 18.6. The van der Waals surface area contributed by atoms with Crippen LogP contribution in [0.25, 0.3) is 5.82 Å². The number of rotatable bonds is 7. The number of aryl methyl sites for hydroxylation is 1. The fourth-order valence-electron chi connectivity index (χ4n) is 3.25. The summed E-state index contributed by atoms with van der Waals surface area (Å²) >= 11 is 0. The summed E-state index contributed by atoms with van der Waals surface area (Å²) in [6.07, 6.45) is -2.22. The number of hydrogen-bond acceptors (Lipinski definition) is 10. The molecule has 0 aliphatic carbocycles. The standard InChI is InChI=1S/C19H19F4N9O3/c1-4-11-7-34-18(33)32(11)17-27-10(3)26-16(28-17)25-9(2)13-6-31(8-24-13)14-5-12(20)15(30-29-14)35-19(21,22)23/h5-6,8-9,11H,4,7H2,1-3H3,(H,25,26,27,28)/t9-,11-/m0/s1. The summed E-state index contributed by atoms with van der Waals surface area (Å²) in [7, 11) is 0. The molecule has 186 valence electrons. The van der Waals surface area contributed by atoms with Crippen LogP contribution in [0.1, 0.15) is 37.8 Å². The van der Waals surface area contributed by atoms with Crippen LogP contribution < -0.4 is 15.0 Å². The van der Waals surface area contributed by atoms with Crippen LogP contribution in [0.15, 0.2) is 18.6 Å². The van der Waals surface area contributed by atoms with Gasteiger partial charge >= 0.3 is 12.5 Å². The quantitative estimate of drug-likeness (QED) is 0.486. The molecule has 0 saturated carbocycles. The Morgan fingerprint density at radius 1 is 1.29 bits per heavy atom. The van der Waals surface area contributed by atoms with Crippen LogP contribution in [0.3, 0.4) is 0 Å². The van der Waals surface area contributed by atoms with Crippen LogP contribution in [0, 0.1) is 12.7 Å². The van der Waals surface area contributed by atoms with Crippen molar-refractivity contribution in [2.75, 3.05) is 16.8 Å². The summed E-state index contributed by atoms with van der Waals surface area (Å²) in [4.78, 5) is 30.5. The number of amides is 1. The van der Waals surface area contributed by atoms with Crippen LogP contribution >= 0.6 is 0 Å². The maximum absolute atomic E-state index is 14.0. The molecule has 3 aromatic heterocycles. The molecule has 0 aromatic carbocycles. The largest absolute Gasteiger partial charge is 0.574 e. The topological polar surface area (TPSA) is 133 Å². The van der Waals surface area contributed by atoms with E-state index >= 15 is 0 Å². The maximum atomic E-state index is 14.0. The van der Waals surface area contributed by atoms with Crippen molar-refractivity contribution in [1.29, 1.82) is 0 Å². The Bertz CT molecular complexity index is 1240. The van der Waals surface area contributed by atoms with Gasteiger partial charge in [-0.15, -0.1) is 23.4 Å². The molecule has 0 unspecified atom stereocenters. The number of carbonyl (C=O) groups excluding carboxylic acids is 1. The van der Waals surface area contributed by atoms with Crippen molar-refractivity contribution in [2.45, 2.75) is 45.6 Å². The smallest absolute Gasteiger partial charge is 0.447 e. The van der Waals surface area contributed by atoms with Gasteiger partial charge in [-0.05, 0) is 20.3 Å². The average molecular weight is 497 g/mol. The molecule has 4 rings (SSSR count). The molecule has 2 atom stereocenters. The highest BCUT2D eigenvalue weighted by Gasteiger charge is 2.36. The number of carbonyl (C=O) groups is 1. The van der Waals surface area contributed by atoms with E-state index in [0.29, 0.717) is 17.9 Å². The summed E-state index contributed by atoms with van der Waals surface area (Å²) in [5.74, 6) is -2.03. The number of cyclic esters (lactones) is 1. The minimum absolute atomic E-state index is 0.112. The average Bonchev–Trinajstić information content (AvgIpc) is 3.41. The first-order valence-corrected chi connectivity index (χ1v) is 10.3. The number of anilines is 2. The fraction of sp³-hybridized carbons (Fsp3) is 0.421. The van der Waals surface area contributed by atoms with Gasteiger partial charge in [0.1, 0.15) is 18.8 Å². The van der Waals surface area contributed by atoms with Crippen molar-refractivity contribution >= 4 is 18.0 Å². The Morgan fingerprint density at radius 3 is 2.74 bits per heavy atom. The minimum atomic E-state index is -5.10. The molecule has 1 N–H and O–H groups in total. The number of nitrogens with zero attached hydrogens (tertiary/aromatic N) is 8. The van der Waals surface area contributed by atoms with Gasteiger partial charge in [0.05, 0.1) is 17.8 Å². The lowest BCUT2D eigenvalue weighted by molar-refractivity contribution is -0.277. The van der Waals surface area contributed by atoms with E-state index in [1.807, 2.05) is 6.92 Å². The van der Waals surface area contributed by atoms with E-state index in [1.165, 1.54) is 22.0 Å². The molecule has 0 bridgehead atoms. The van der Waals surface area contributed by atoms with Gasteiger partial charge in [0.2, 0.25) is 11.9 Å². The molecular formula is C19H19F4N9O3. The Morgan fingerprint density at radius 2 is 2.06 bits per heavy atom. The number of alkyl halides is 3. The SMILES string of the molecule is CC[C@H]1COC(=O)N1c1nc(C)nc(N[C@@H](C)c2cn(-c3cc(F)c(OC(F)(F)F)nn3)cn2)n1. The minimum Gasteiger partial charge on any atom is -0.447 e. The first-order chi connectivity index (χ1) is 16.5. The monoisotopic (exact) mass is 497 g/mol. The fourth-order valence-corrected chi connectivity index (χ4v) is 3.25. The molecule has 1 aliphatic rings. The van der Waals surface area contributed by atoms with E-state index in [0.717, 1.165) is 6.07 Å². The zero-order chi connectivity index (χ0) is 25.3. The van der Waals surface area contributed by atoms with Crippen molar-refractivity contribution in [1.82, 2.24) is 34.7 Å². The van der Waals surface area contributed by atoms with E-state index in [4.69, 9.17) is 4.74 Å². The van der Waals surface area contributed by atoms with E-state index < -0.39 is 30.2 Å². The van der Waals surface area contributed by atoms with Gasteiger partial charge in [-0.1, -0.05) is 6.92 Å². The van der Waals surface area contributed by atoms with Gasteiger partial charge in [-0.25, -0.2) is 19.1 Å². The van der Waals surface area contributed by atoms with Crippen LogP contribution in [-0.2, 0) is 4.74 Å². The van der Waals surface area contributed by atoms with E-state index in [1.54, 1.807) is 13.8 Å². The third-order valence-corrected chi connectivity index (χ3v) is 4.96. The van der Waals surface area contributed by atoms with Crippen molar-refractivity contribution in [3.63, 3.8) is 0 Å². The highest BCUT2D eigenvalue weighted by Crippen LogP contribution is 2.25. The van der Waals surface area contributed by atoms with Gasteiger partial charge in [-0.3, -0.25) is 4.57 Å². The lowest BCUT2D eigenvalue weighted by atomic mass is 10.2. The molecule has 3 aromatic rings. The normalized spacial score (nSPS) is 16.8. The molecular weight excluding hydrogens is 478 g/mol. The van der Waals surface area contributed by atoms with Crippen molar-refractivity contribution in [3.05, 3.63) is 35.9 Å². The Balaban J connectivity index is 1.51. The molecule has 35 heavy (non-hydrogen) atoms. The molecule has 1 fully saturated rings. The van der Waals surface area contributed by atoms with Gasteiger partial charge in [0.15, 0.2) is 11.6 Å². The number of imidazole rings is 1. The van der Waals surface area contributed by atoms with Crippen LogP contribution in [-0.4, -0.2) is 59.8 Å². The number of hydrogen-bond donors (Lipinski definition) is 1. The lowest BCUT2D eigenvalue weighted by Gasteiger charge is -2.19. The third-order valence-electron chi connectivity index (χ3n) is 4.96. The van der Waals surface area contributed by atoms with Crippen molar-refractivity contribution in [3.8, 4) is 11.7 Å². The number of aromatic nitrogens is 7. The highest BCUT2D eigenvalue weighted by atomic mass is 19.4. The molecule has 0 spiro atoms. The van der Waals surface area contributed by atoms with Crippen LogP contribution in [0.2, 0.25) is 0 Å². The second-order valence-electron chi connectivity index (χ2n) is 7.49. The van der Waals surface area contributed by atoms with Crippen molar-refractivity contribution < 1.29 is 31.8 Å².